The molecule has 2 heteroatoms. The number of methoxy groups -OCH3 is 2. The van der Waals surface area contributed by atoms with Gasteiger partial charge in [0, 0.05) is 25.6 Å². The van der Waals surface area contributed by atoms with Crippen LogP contribution in [-0.4, -0.2) is 20.0 Å². The molecule has 2 nitrogen and oxygen atoms in total. The van der Waals surface area contributed by atoms with Gasteiger partial charge in [0.15, 0.2) is 5.79 Å². The van der Waals surface area contributed by atoms with Crippen LogP contribution in [-0.2, 0) is 9.47 Å². The van der Waals surface area contributed by atoms with Crippen molar-refractivity contribution in [3.05, 3.63) is 0 Å². The van der Waals surface area contributed by atoms with Gasteiger partial charge >= 0.3 is 0 Å². The summed E-state index contributed by atoms with van der Waals surface area (Å²) in [5.41, 5.74) is 0.162. The van der Waals surface area contributed by atoms with E-state index < -0.39 is 0 Å². The van der Waals surface area contributed by atoms with Gasteiger partial charge in [0.25, 0.3) is 0 Å². The van der Waals surface area contributed by atoms with E-state index in [1.807, 2.05) is 0 Å². The van der Waals surface area contributed by atoms with Crippen LogP contribution in [0.1, 0.15) is 52.9 Å². The van der Waals surface area contributed by atoms with Gasteiger partial charge in [-0.15, -0.1) is 0 Å². The zero-order chi connectivity index (χ0) is 11.5. The second-order valence-corrected chi connectivity index (χ2v) is 4.99. The van der Waals surface area contributed by atoms with Crippen LogP contribution in [0.3, 0.4) is 0 Å². The maximum Gasteiger partial charge on any atom is 0.175 e. The van der Waals surface area contributed by atoms with Crippen LogP contribution in [0.2, 0.25) is 0 Å². The molecule has 0 aliphatic heterocycles. The fourth-order valence-corrected chi connectivity index (χ4v) is 3.40. The second kappa shape index (κ2) is 4.84. The highest BCUT2D eigenvalue weighted by molar-refractivity contribution is 4.97. The van der Waals surface area contributed by atoms with E-state index in [-0.39, 0.29) is 11.2 Å². The first-order chi connectivity index (χ1) is 7.10. The summed E-state index contributed by atoms with van der Waals surface area (Å²) in [4.78, 5) is 0. The van der Waals surface area contributed by atoms with E-state index in [0.29, 0.717) is 5.92 Å². The maximum absolute atomic E-state index is 5.82. The summed E-state index contributed by atoms with van der Waals surface area (Å²) in [7, 11) is 3.59. The zero-order valence-corrected chi connectivity index (χ0v) is 10.9. The Kier molecular flexibility index (Phi) is 4.19. The van der Waals surface area contributed by atoms with Gasteiger partial charge in [0.2, 0.25) is 0 Å². The topological polar surface area (TPSA) is 18.5 Å². The Bertz CT molecular complexity index is 199. The smallest absolute Gasteiger partial charge is 0.175 e. The third kappa shape index (κ3) is 1.83. The van der Waals surface area contributed by atoms with Crippen molar-refractivity contribution in [3.8, 4) is 0 Å². The minimum Gasteiger partial charge on any atom is -0.352 e. The van der Waals surface area contributed by atoms with Crippen molar-refractivity contribution in [2.75, 3.05) is 14.2 Å². The molecule has 90 valence electrons. The highest BCUT2D eigenvalue weighted by Gasteiger charge is 2.54. The maximum atomic E-state index is 5.82. The van der Waals surface area contributed by atoms with Crippen molar-refractivity contribution in [2.45, 2.75) is 58.7 Å². The molecule has 15 heavy (non-hydrogen) atoms. The molecule has 1 fully saturated rings. The highest BCUT2D eigenvalue weighted by Crippen LogP contribution is 2.52. The fourth-order valence-electron chi connectivity index (χ4n) is 3.40. The Hall–Kier alpha value is -0.0800. The molecule has 0 spiro atoms. The minimum atomic E-state index is -0.366. The van der Waals surface area contributed by atoms with E-state index >= 15 is 0 Å². The van der Waals surface area contributed by atoms with Crippen molar-refractivity contribution in [1.29, 1.82) is 0 Å². The lowest BCUT2D eigenvalue weighted by atomic mass is 9.63. The molecule has 0 amide bonds. The van der Waals surface area contributed by atoms with Gasteiger partial charge in [-0.2, -0.15) is 0 Å². The van der Waals surface area contributed by atoms with Crippen LogP contribution >= 0.6 is 0 Å². The predicted octanol–water partition coefficient (Wildman–Crippen LogP) is 3.60. The van der Waals surface area contributed by atoms with E-state index in [1.165, 1.54) is 19.3 Å². The average Bonchev–Trinajstić information content (AvgIpc) is 2.28. The van der Waals surface area contributed by atoms with Crippen LogP contribution in [0, 0.1) is 11.3 Å². The lowest BCUT2D eigenvalue weighted by molar-refractivity contribution is -0.317. The fraction of sp³-hybridized carbons (Fsp3) is 1.00. The van der Waals surface area contributed by atoms with E-state index in [0.717, 1.165) is 12.8 Å². The van der Waals surface area contributed by atoms with Crippen LogP contribution in [0.15, 0.2) is 0 Å². The van der Waals surface area contributed by atoms with Crippen molar-refractivity contribution in [1.82, 2.24) is 0 Å². The molecule has 0 saturated heterocycles. The molecule has 0 aromatic carbocycles. The zero-order valence-electron chi connectivity index (χ0n) is 10.9. The summed E-state index contributed by atoms with van der Waals surface area (Å²) in [6.45, 7) is 6.78. The molecule has 1 rings (SSSR count). The summed E-state index contributed by atoms with van der Waals surface area (Å²) >= 11 is 0. The summed E-state index contributed by atoms with van der Waals surface area (Å²) in [6.07, 6.45) is 6.00. The Morgan fingerprint density at radius 3 is 2.20 bits per heavy atom. The molecule has 0 radical (unpaired) electrons. The first kappa shape index (κ1) is 13.0. The predicted molar refractivity (Wildman–Crippen MR) is 62.8 cm³/mol. The number of hydrogen-bond acceptors (Lipinski definition) is 2. The molecule has 0 aromatic rings. The quantitative estimate of drug-likeness (QED) is 0.666. The van der Waals surface area contributed by atoms with Crippen LogP contribution in [0.4, 0.5) is 0 Å². The van der Waals surface area contributed by atoms with Crippen molar-refractivity contribution < 1.29 is 9.47 Å². The molecule has 0 aromatic heterocycles. The Labute approximate surface area is 94.3 Å². The van der Waals surface area contributed by atoms with Gasteiger partial charge in [0.1, 0.15) is 0 Å². The molecule has 1 saturated carbocycles. The Balaban J connectivity index is 3.05. The van der Waals surface area contributed by atoms with Crippen LogP contribution < -0.4 is 0 Å². The summed E-state index contributed by atoms with van der Waals surface area (Å²) in [5.74, 6) is 0.167. The number of ether oxygens (including phenoxy) is 2. The normalized spacial score (nSPS) is 35.4. The van der Waals surface area contributed by atoms with Gasteiger partial charge in [-0.1, -0.05) is 27.2 Å². The van der Waals surface area contributed by atoms with E-state index in [9.17, 15) is 0 Å². The first-order valence-corrected chi connectivity index (χ1v) is 6.20. The van der Waals surface area contributed by atoms with Gasteiger partial charge in [-0.25, -0.2) is 0 Å². The minimum absolute atomic E-state index is 0.162. The van der Waals surface area contributed by atoms with Gasteiger partial charge in [-0.05, 0) is 25.7 Å². The van der Waals surface area contributed by atoms with E-state index in [2.05, 4.69) is 20.8 Å². The van der Waals surface area contributed by atoms with E-state index in [4.69, 9.17) is 9.47 Å². The molecular weight excluding hydrogens is 188 g/mol. The van der Waals surface area contributed by atoms with Gasteiger partial charge in [0.05, 0.1) is 0 Å². The Morgan fingerprint density at radius 2 is 1.80 bits per heavy atom. The monoisotopic (exact) mass is 214 g/mol. The van der Waals surface area contributed by atoms with Crippen LogP contribution in [0.5, 0.6) is 0 Å². The number of hydrogen-bond donors (Lipinski definition) is 0. The summed E-state index contributed by atoms with van der Waals surface area (Å²) in [5, 5.41) is 0. The third-order valence-electron chi connectivity index (χ3n) is 4.54. The highest BCUT2D eigenvalue weighted by atomic mass is 16.7. The van der Waals surface area contributed by atoms with Crippen molar-refractivity contribution in [3.63, 3.8) is 0 Å². The molecule has 0 N–H and O–H groups in total. The summed E-state index contributed by atoms with van der Waals surface area (Å²) in [6, 6.07) is 0. The van der Waals surface area contributed by atoms with Gasteiger partial charge in [-0.3, -0.25) is 0 Å². The third-order valence-corrected chi connectivity index (χ3v) is 4.54. The standard InChI is InChI=1S/C13H26O2/c1-6-11-9-8-10-12(3,7-2)13(11,14-4)15-5/h11H,6-10H2,1-5H3. The van der Waals surface area contributed by atoms with Crippen molar-refractivity contribution in [2.24, 2.45) is 11.3 Å². The molecule has 1 aliphatic rings. The van der Waals surface area contributed by atoms with Crippen LogP contribution in [0.25, 0.3) is 0 Å². The molecule has 0 heterocycles. The molecule has 1 aliphatic carbocycles. The van der Waals surface area contributed by atoms with E-state index in [1.54, 1.807) is 14.2 Å². The first-order valence-electron chi connectivity index (χ1n) is 6.20. The van der Waals surface area contributed by atoms with Gasteiger partial charge < -0.3 is 9.47 Å². The SMILES string of the molecule is CCC1CCCC(C)(CC)C1(OC)OC. The second-order valence-electron chi connectivity index (χ2n) is 4.99. The Morgan fingerprint density at radius 1 is 1.20 bits per heavy atom. The number of rotatable bonds is 4. The molecule has 2 atom stereocenters. The summed E-state index contributed by atoms with van der Waals surface area (Å²) < 4.78 is 11.6. The largest absolute Gasteiger partial charge is 0.352 e. The molecular formula is C13H26O2. The lowest BCUT2D eigenvalue weighted by Crippen LogP contribution is -2.57. The molecule has 2 unspecified atom stereocenters. The lowest BCUT2D eigenvalue weighted by Gasteiger charge is -2.53. The van der Waals surface area contributed by atoms with Crippen molar-refractivity contribution >= 4 is 0 Å². The molecule has 0 bridgehead atoms. The average molecular weight is 214 g/mol.